The predicted octanol–water partition coefficient (Wildman–Crippen LogP) is 0.463. The Bertz CT molecular complexity index is 649. The molecule has 2 heterocycles. The van der Waals surface area contributed by atoms with Crippen molar-refractivity contribution < 1.29 is 18.8 Å². The van der Waals surface area contributed by atoms with Crippen molar-refractivity contribution in [2.24, 2.45) is 0 Å². The van der Waals surface area contributed by atoms with E-state index in [0.717, 1.165) is 18.7 Å². The third kappa shape index (κ3) is 3.64. The summed E-state index contributed by atoms with van der Waals surface area (Å²) in [6.07, 6.45) is 0.750. The van der Waals surface area contributed by atoms with Gasteiger partial charge in [-0.15, -0.1) is 0 Å². The van der Waals surface area contributed by atoms with Gasteiger partial charge >= 0.3 is 6.03 Å². The zero-order valence-electron chi connectivity index (χ0n) is 13.1. The lowest BCUT2D eigenvalue weighted by atomic mass is 10.2. The standard InChI is InChI=1S/C16H19FN4O3/c17-11-2-4-12(5-3-11)20-6-1-7-21(9-8-20)14(22)10-13-15(23)19-16(24)18-13/h2-5,13H,1,6-10H2,(H2,18,19,23,24)/t13-/m1/s1. The summed E-state index contributed by atoms with van der Waals surface area (Å²) in [4.78, 5) is 38.8. The topological polar surface area (TPSA) is 81.8 Å². The fraction of sp³-hybridized carbons (Fsp3) is 0.438. The lowest BCUT2D eigenvalue weighted by molar-refractivity contribution is -0.133. The largest absolute Gasteiger partial charge is 0.370 e. The summed E-state index contributed by atoms with van der Waals surface area (Å²) in [6, 6.07) is 4.95. The number of urea groups is 1. The Morgan fingerprint density at radius 3 is 2.54 bits per heavy atom. The number of benzene rings is 1. The minimum atomic E-state index is -0.790. The maximum absolute atomic E-state index is 13.0. The van der Waals surface area contributed by atoms with Crippen LogP contribution in [0.3, 0.4) is 0 Å². The van der Waals surface area contributed by atoms with Crippen molar-refractivity contribution in [1.82, 2.24) is 15.5 Å². The van der Waals surface area contributed by atoms with Crippen LogP contribution in [0, 0.1) is 5.82 Å². The highest BCUT2D eigenvalue weighted by molar-refractivity contribution is 6.05. The van der Waals surface area contributed by atoms with E-state index in [1.54, 1.807) is 17.0 Å². The van der Waals surface area contributed by atoms with Gasteiger partial charge in [-0.1, -0.05) is 0 Å². The molecule has 0 radical (unpaired) electrons. The first kappa shape index (κ1) is 16.2. The first-order chi connectivity index (χ1) is 11.5. The van der Waals surface area contributed by atoms with Gasteiger partial charge in [0, 0.05) is 31.9 Å². The summed E-state index contributed by atoms with van der Waals surface area (Å²) in [5.74, 6) is -0.892. The second-order valence-electron chi connectivity index (χ2n) is 5.92. The Morgan fingerprint density at radius 2 is 1.88 bits per heavy atom. The highest BCUT2D eigenvalue weighted by Crippen LogP contribution is 2.17. The average molecular weight is 334 g/mol. The van der Waals surface area contributed by atoms with E-state index >= 15 is 0 Å². The number of hydrogen-bond donors (Lipinski definition) is 2. The molecule has 0 bridgehead atoms. The molecule has 128 valence electrons. The molecule has 24 heavy (non-hydrogen) atoms. The van der Waals surface area contributed by atoms with E-state index in [-0.39, 0.29) is 18.1 Å². The van der Waals surface area contributed by atoms with Crippen LogP contribution in [-0.2, 0) is 9.59 Å². The van der Waals surface area contributed by atoms with Gasteiger partial charge in [-0.3, -0.25) is 14.9 Å². The van der Waals surface area contributed by atoms with Crippen LogP contribution in [0.15, 0.2) is 24.3 Å². The SMILES string of the molecule is O=C1NC(=O)[C@@H](CC(=O)N2CCCN(c3ccc(F)cc3)CC2)N1. The molecule has 2 fully saturated rings. The van der Waals surface area contributed by atoms with Crippen molar-refractivity contribution in [1.29, 1.82) is 0 Å². The zero-order valence-corrected chi connectivity index (χ0v) is 13.1. The number of nitrogens with zero attached hydrogens (tertiary/aromatic N) is 2. The van der Waals surface area contributed by atoms with Crippen molar-refractivity contribution in [2.75, 3.05) is 31.1 Å². The molecule has 2 aliphatic rings. The first-order valence-electron chi connectivity index (χ1n) is 7.92. The molecule has 1 atom stereocenters. The lowest BCUT2D eigenvalue weighted by Gasteiger charge is -2.24. The second kappa shape index (κ2) is 6.86. The molecule has 0 aliphatic carbocycles. The van der Waals surface area contributed by atoms with E-state index in [9.17, 15) is 18.8 Å². The number of imide groups is 1. The van der Waals surface area contributed by atoms with E-state index in [2.05, 4.69) is 15.5 Å². The third-order valence-corrected chi connectivity index (χ3v) is 4.28. The van der Waals surface area contributed by atoms with Crippen LogP contribution in [0.5, 0.6) is 0 Å². The molecular formula is C16H19FN4O3. The maximum atomic E-state index is 13.0. The van der Waals surface area contributed by atoms with Gasteiger partial charge in [0.1, 0.15) is 11.9 Å². The van der Waals surface area contributed by atoms with Gasteiger partial charge in [-0.2, -0.15) is 0 Å². The van der Waals surface area contributed by atoms with E-state index in [0.29, 0.717) is 19.6 Å². The molecule has 1 aromatic rings. The second-order valence-corrected chi connectivity index (χ2v) is 5.92. The molecule has 8 heteroatoms. The quantitative estimate of drug-likeness (QED) is 0.787. The van der Waals surface area contributed by atoms with Crippen LogP contribution in [0.2, 0.25) is 0 Å². The number of carbonyl (C=O) groups excluding carboxylic acids is 3. The number of hydrogen-bond acceptors (Lipinski definition) is 4. The Kier molecular flexibility index (Phi) is 4.64. The monoisotopic (exact) mass is 334 g/mol. The fourth-order valence-corrected chi connectivity index (χ4v) is 2.98. The van der Waals surface area contributed by atoms with Crippen LogP contribution in [0.25, 0.3) is 0 Å². The maximum Gasteiger partial charge on any atom is 0.322 e. The molecule has 4 amide bonds. The van der Waals surface area contributed by atoms with Crippen molar-refractivity contribution in [3.8, 4) is 0 Å². The minimum absolute atomic E-state index is 0.0336. The molecule has 7 nitrogen and oxygen atoms in total. The van der Waals surface area contributed by atoms with Crippen molar-refractivity contribution in [2.45, 2.75) is 18.9 Å². The molecule has 1 aromatic carbocycles. The third-order valence-electron chi connectivity index (χ3n) is 4.28. The highest BCUT2D eigenvalue weighted by atomic mass is 19.1. The number of nitrogens with one attached hydrogen (secondary N) is 2. The first-order valence-corrected chi connectivity index (χ1v) is 7.92. The highest BCUT2D eigenvalue weighted by Gasteiger charge is 2.33. The summed E-state index contributed by atoms with van der Waals surface area (Å²) in [7, 11) is 0. The van der Waals surface area contributed by atoms with E-state index in [4.69, 9.17) is 0 Å². The lowest BCUT2D eigenvalue weighted by Crippen LogP contribution is -2.40. The van der Waals surface area contributed by atoms with Gasteiger partial charge in [-0.05, 0) is 30.7 Å². The normalized spacial score (nSPS) is 21.3. The summed E-state index contributed by atoms with van der Waals surface area (Å²) < 4.78 is 13.0. The summed E-state index contributed by atoms with van der Waals surface area (Å²) in [6.45, 7) is 2.54. The number of rotatable bonds is 3. The van der Waals surface area contributed by atoms with Crippen LogP contribution in [0.4, 0.5) is 14.9 Å². The zero-order chi connectivity index (χ0) is 17.1. The minimum Gasteiger partial charge on any atom is -0.370 e. The molecule has 3 rings (SSSR count). The van der Waals surface area contributed by atoms with E-state index < -0.39 is 18.0 Å². The van der Waals surface area contributed by atoms with Crippen LogP contribution >= 0.6 is 0 Å². The van der Waals surface area contributed by atoms with Crippen LogP contribution < -0.4 is 15.5 Å². The van der Waals surface area contributed by atoms with Gasteiger partial charge in [-0.25, -0.2) is 9.18 Å². The predicted molar refractivity (Wildman–Crippen MR) is 84.9 cm³/mol. The molecule has 0 aromatic heterocycles. The molecule has 0 unspecified atom stereocenters. The molecule has 2 N–H and O–H groups in total. The number of amides is 4. The average Bonchev–Trinajstić information content (AvgIpc) is 2.76. The Morgan fingerprint density at radius 1 is 1.12 bits per heavy atom. The summed E-state index contributed by atoms with van der Waals surface area (Å²) >= 11 is 0. The van der Waals surface area contributed by atoms with Gasteiger partial charge in [0.15, 0.2) is 0 Å². The van der Waals surface area contributed by atoms with Crippen molar-refractivity contribution >= 4 is 23.5 Å². The fourth-order valence-electron chi connectivity index (χ4n) is 2.98. The smallest absolute Gasteiger partial charge is 0.322 e. The van der Waals surface area contributed by atoms with Gasteiger partial charge in [0.25, 0.3) is 5.91 Å². The van der Waals surface area contributed by atoms with Crippen LogP contribution in [-0.4, -0.2) is 55.0 Å². The molecule has 2 aliphatic heterocycles. The van der Waals surface area contributed by atoms with Gasteiger partial charge in [0.2, 0.25) is 5.91 Å². The molecule has 2 saturated heterocycles. The van der Waals surface area contributed by atoms with Gasteiger partial charge < -0.3 is 15.1 Å². The van der Waals surface area contributed by atoms with Crippen molar-refractivity contribution in [3.63, 3.8) is 0 Å². The number of carbonyl (C=O) groups is 3. The molecule has 0 saturated carbocycles. The Balaban J connectivity index is 1.57. The summed E-state index contributed by atoms with van der Waals surface area (Å²) in [5.41, 5.74) is 0.924. The van der Waals surface area contributed by atoms with E-state index in [1.807, 2.05) is 0 Å². The van der Waals surface area contributed by atoms with Gasteiger partial charge in [0.05, 0.1) is 6.42 Å². The Hall–Kier alpha value is -2.64. The number of anilines is 1. The Labute approximate surface area is 138 Å². The van der Waals surface area contributed by atoms with E-state index in [1.165, 1.54) is 12.1 Å². The molecule has 0 spiro atoms. The van der Waals surface area contributed by atoms with Crippen LogP contribution in [0.1, 0.15) is 12.8 Å². The number of halogens is 1. The molecular weight excluding hydrogens is 315 g/mol. The van der Waals surface area contributed by atoms with Crippen molar-refractivity contribution in [3.05, 3.63) is 30.1 Å². The summed E-state index contributed by atoms with van der Waals surface area (Å²) in [5, 5.41) is 4.56.